The molecule has 3 aromatic rings. The Morgan fingerprint density at radius 1 is 0.809 bits per heavy atom. The van der Waals surface area contributed by atoms with Crippen LogP contribution in [0.4, 0.5) is 4.79 Å². The molecule has 0 unspecified atom stereocenters. The Morgan fingerprint density at radius 3 is 1.99 bits per heavy atom. The molecule has 3 aromatic carbocycles. The molecule has 2 bridgehead atoms. The zero-order chi connectivity index (χ0) is 49.4. The topological polar surface area (TPSA) is 196 Å². The van der Waals surface area contributed by atoms with Crippen molar-refractivity contribution in [3.8, 4) is 11.5 Å². The van der Waals surface area contributed by atoms with Gasteiger partial charge in [-0.25, -0.2) is 9.59 Å². The highest BCUT2D eigenvalue weighted by Crippen LogP contribution is 2.65. The van der Waals surface area contributed by atoms with Gasteiger partial charge in [-0.1, -0.05) is 71.0 Å². The van der Waals surface area contributed by atoms with Crippen LogP contribution >= 0.6 is 0 Å². The normalized spacial score (nSPS) is 29.4. The van der Waals surface area contributed by atoms with Crippen LogP contribution < -0.4 is 9.47 Å². The molecule has 7 rings (SSSR count). The lowest BCUT2D eigenvalue weighted by atomic mass is 9.44. The van der Waals surface area contributed by atoms with Crippen molar-refractivity contribution < 1.29 is 71.5 Å². The van der Waals surface area contributed by atoms with Crippen LogP contribution in [0.3, 0.4) is 0 Å². The average molecular weight is 955 g/mol. The van der Waals surface area contributed by atoms with Gasteiger partial charge in [-0.2, -0.15) is 0 Å². The number of rotatable bonds is 15. The quantitative estimate of drug-likeness (QED) is 0.0291. The number of hydrogen-bond donors (Lipinski definition) is 1. The molecule has 0 aromatic heterocycles. The molecular weight excluding hydrogens is 893 g/mol. The van der Waals surface area contributed by atoms with Crippen LogP contribution in [0.25, 0.3) is 0 Å². The maximum Gasteiger partial charge on any atom is 0.514 e. The van der Waals surface area contributed by atoms with Crippen LogP contribution in [0.5, 0.6) is 11.5 Å². The number of ketones is 2. The maximum atomic E-state index is 16.5. The van der Waals surface area contributed by atoms with E-state index in [9.17, 15) is 29.1 Å². The third kappa shape index (κ3) is 8.80. The van der Waals surface area contributed by atoms with Crippen molar-refractivity contribution in [1.29, 1.82) is 0 Å². The van der Waals surface area contributed by atoms with Gasteiger partial charge in [-0.15, -0.1) is 0 Å². The van der Waals surface area contributed by atoms with Crippen molar-refractivity contribution in [2.24, 2.45) is 16.7 Å². The number of benzene rings is 3. The van der Waals surface area contributed by atoms with Gasteiger partial charge in [0.15, 0.2) is 31.6 Å². The average Bonchev–Trinajstić information content (AvgIpc) is 3.31. The highest BCUT2D eigenvalue weighted by atomic mass is 28.4. The molecule has 1 heterocycles. The molecular formula is C52H62O15Si. The molecule has 15 nitrogen and oxygen atoms in total. The van der Waals surface area contributed by atoms with Gasteiger partial charge in [0.25, 0.3) is 0 Å². The van der Waals surface area contributed by atoms with Crippen molar-refractivity contribution in [3.63, 3.8) is 0 Å². The van der Waals surface area contributed by atoms with E-state index in [1.807, 2.05) is 20.8 Å². The second-order valence-corrected chi connectivity index (χ2v) is 23.8. The molecule has 2 saturated carbocycles. The van der Waals surface area contributed by atoms with Crippen molar-refractivity contribution >= 4 is 43.9 Å². The van der Waals surface area contributed by atoms with E-state index in [0.29, 0.717) is 23.9 Å². The lowest BCUT2D eigenvalue weighted by molar-refractivity contribution is -0.344. The Labute approximate surface area is 397 Å². The zero-order valence-corrected chi connectivity index (χ0v) is 41.2. The number of fused-ring (bicyclic) bond motifs is 5. The highest BCUT2D eigenvalue weighted by molar-refractivity contribution is 6.73. The Morgan fingerprint density at radius 2 is 1.43 bits per heavy atom. The van der Waals surface area contributed by atoms with Crippen LogP contribution in [0.1, 0.15) is 95.4 Å². The molecule has 1 N–H and O–H groups in total. The van der Waals surface area contributed by atoms with E-state index in [1.165, 1.54) is 38.3 Å². The Bertz CT molecular complexity index is 2420. The SMILES string of the molecule is CC[Si](CC)(CC)O[C@H]1C[C@H]2OC[C@@]2(OC(C)=O)[C@H]2[C@H](OC(=O)c3ccccc3)[C@]3(O)C[C@H](OC(=O)CC(=O)c4ccc(OC)cc4)C(C)=C([C@@H](OC(=O)Oc4ccccc4)C(=O)[C@]12C)C3(C)C. The Kier molecular flexibility index (Phi) is 14.3. The van der Waals surface area contributed by atoms with E-state index in [4.69, 9.17) is 37.6 Å². The van der Waals surface area contributed by atoms with Gasteiger partial charge in [0.2, 0.25) is 0 Å². The van der Waals surface area contributed by atoms with Gasteiger partial charge in [0.05, 0.1) is 36.7 Å². The molecule has 1 saturated heterocycles. The second kappa shape index (κ2) is 19.4. The van der Waals surface area contributed by atoms with Gasteiger partial charge in [-0.3, -0.25) is 19.2 Å². The number of aliphatic hydroxyl groups is 1. The Balaban J connectivity index is 1.47. The molecule has 0 spiro atoms. The molecule has 0 amide bonds. The molecule has 9 atom stereocenters. The number of Topliss-reactive ketones (excluding diaryl/α,β-unsaturated/α-hetero) is 2. The van der Waals surface area contributed by atoms with Crippen molar-refractivity contribution in [2.75, 3.05) is 13.7 Å². The monoisotopic (exact) mass is 954 g/mol. The van der Waals surface area contributed by atoms with E-state index in [2.05, 4.69) is 0 Å². The van der Waals surface area contributed by atoms with E-state index in [-0.39, 0.29) is 41.1 Å². The molecule has 0 radical (unpaired) electrons. The summed E-state index contributed by atoms with van der Waals surface area (Å²) in [6.45, 7) is 13.6. The largest absolute Gasteiger partial charge is 0.514 e. The number of para-hydroxylation sites is 1. The van der Waals surface area contributed by atoms with Gasteiger partial charge in [0.1, 0.15) is 41.8 Å². The molecule has 3 fully saturated rings. The van der Waals surface area contributed by atoms with Gasteiger partial charge in [-0.05, 0) is 91.7 Å². The van der Waals surface area contributed by atoms with Crippen LogP contribution in [0.2, 0.25) is 18.1 Å². The Hall–Kier alpha value is -5.68. The summed E-state index contributed by atoms with van der Waals surface area (Å²) in [5.41, 5.74) is -6.95. The first-order valence-corrected chi connectivity index (χ1v) is 25.8. The number of esters is 3. The van der Waals surface area contributed by atoms with E-state index < -0.39 is 115 Å². The van der Waals surface area contributed by atoms with Crippen LogP contribution in [-0.2, 0) is 42.5 Å². The smallest absolute Gasteiger partial charge is 0.497 e. The van der Waals surface area contributed by atoms with Crippen LogP contribution in [-0.4, -0.2) is 104 Å². The summed E-state index contributed by atoms with van der Waals surface area (Å²) in [7, 11) is -1.18. The third-order valence-electron chi connectivity index (χ3n) is 15.3. The number of carbonyl (C=O) groups excluding carboxylic acids is 6. The predicted molar refractivity (Wildman–Crippen MR) is 248 cm³/mol. The molecule has 364 valence electrons. The predicted octanol–water partition coefficient (Wildman–Crippen LogP) is 8.17. The molecule has 1 aliphatic heterocycles. The minimum absolute atomic E-state index is 0.0539. The van der Waals surface area contributed by atoms with Gasteiger partial charge in [0, 0.05) is 30.7 Å². The number of ether oxygens (including phenoxy) is 7. The third-order valence-corrected chi connectivity index (χ3v) is 20.0. The van der Waals surface area contributed by atoms with E-state index >= 15 is 4.79 Å². The maximum absolute atomic E-state index is 16.5. The number of methoxy groups -OCH3 is 1. The molecule has 16 heteroatoms. The summed E-state index contributed by atoms with van der Waals surface area (Å²) in [4.78, 5) is 86.2. The summed E-state index contributed by atoms with van der Waals surface area (Å²) >= 11 is 0. The van der Waals surface area contributed by atoms with Gasteiger partial charge >= 0.3 is 24.1 Å². The van der Waals surface area contributed by atoms with E-state index in [0.717, 1.165) is 0 Å². The van der Waals surface area contributed by atoms with Gasteiger partial charge < -0.3 is 42.7 Å². The number of hydrogen-bond acceptors (Lipinski definition) is 15. The van der Waals surface area contributed by atoms with E-state index in [1.54, 1.807) is 88.4 Å². The first-order chi connectivity index (χ1) is 32.2. The summed E-state index contributed by atoms with van der Waals surface area (Å²) in [5.74, 6) is -4.63. The summed E-state index contributed by atoms with van der Waals surface area (Å²) < 4.78 is 49.9. The summed E-state index contributed by atoms with van der Waals surface area (Å²) in [5, 5.41) is 14.1. The molecule has 68 heavy (non-hydrogen) atoms. The zero-order valence-electron chi connectivity index (χ0n) is 40.2. The van der Waals surface area contributed by atoms with Crippen LogP contribution in [0.15, 0.2) is 96.1 Å². The molecule has 3 aliphatic carbocycles. The fourth-order valence-corrected chi connectivity index (χ4v) is 14.2. The first kappa shape index (κ1) is 50.2. The standard InChI is InChI=1S/C52H62O15Si/c1-10-68(11-2,12-3)67-39-28-40-51(30-61-40,66-32(5)53)44-46(65-47(57)34-19-15-13-16-20-34)52(59)29-38(63-41(55)27-37(54)33-23-25-35(60-9)26-24-33)31(4)42(49(52,6)7)43(45(56)50(39,44)8)64-48(58)62-36-21-17-14-18-22-36/h13-26,38-40,43-44,46,59H,10-12,27-30H2,1-9H3/t38-,39-,40+,43+,44-,46-,50+,51-,52+/m0/s1. The highest BCUT2D eigenvalue weighted by Gasteiger charge is 2.79. The van der Waals surface area contributed by atoms with Crippen LogP contribution in [0, 0.1) is 16.7 Å². The van der Waals surface area contributed by atoms with Crippen molar-refractivity contribution in [3.05, 3.63) is 107 Å². The molecule has 4 aliphatic rings. The fraction of sp³-hybridized carbons (Fsp3) is 0.500. The lowest BCUT2D eigenvalue weighted by Crippen LogP contribution is -2.82. The minimum Gasteiger partial charge on any atom is -0.497 e. The lowest BCUT2D eigenvalue weighted by Gasteiger charge is -2.68. The van der Waals surface area contributed by atoms with Crippen molar-refractivity contribution in [1.82, 2.24) is 0 Å². The van der Waals surface area contributed by atoms with Crippen molar-refractivity contribution in [2.45, 2.75) is 135 Å². The number of carbonyl (C=O) groups is 6. The summed E-state index contributed by atoms with van der Waals surface area (Å²) in [6.07, 6.45) is -9.23. The summed E-state index contributed by atoms with van der Waals surface area (Å²) in [6, 6.07) is 24.5. The second-order valence-electron chi connectivity index (χ2n) is 19.1. The first-order valence-electron chi connectivity index (χ1n) is 23.3. The minimum atomic E-state index is -2.67. The fourth-order valence-electron chi connectivity index (χ4n) is 11.2.